The van der Waals surface area contributed by atoms with E-state index in [1.807, 2.05) is 12.3 Å². The zero-order valence-corrected chi connectivity index (χ0v) is 9.13. The number of carboxylic acid groups (broad SMARTS) is 1. The molecule has 0 aliphatic rings. The average molecular weight is 228 g/mol. The Morgan fingerprint density at radius 2 is 2.33 bits per heavy atom. The van der Waals surface area contributed by atoms with E-state index >= 15 is 0 Å². The molecule has 0 unspecified atom stereocenters. The summed E-state index contributed by atoms with van der Waals surface area (Å²) in [6.45, 7) is 2.04. The monoisotopic (exact) mass is 228 g/mol. The van der Waals surface area contributed by atoms with Crippen molar-refractivity contribution in [2.45, 2.75) is 19.8 Å². The van der Waals surface area contributed by atoms with Crippen LogP contribution in [-0.4, -0.2) is 28.5 Å². The first-order valence-electron chi connectivity index (χ1n) is 4.47. The van der Waals surface area contributed by atoms with Gasteiger partial charge in [-0.1, -0.05) is 0 Å². The molecule has 0 radical (unpaired) electrons. The van der Waals surface area contributed by atoms with Crippen LogP contribution in [0.15, 0.2) is 5.38 Å². The number of aryl methyl sites for hydroxylation is 1. The van der Waals surface area contributed by atoms with Crippen LogP contribution < -0.4 is 5.32 Å². The van der Waals surface area contributed by atoms with Gasteiger partial charge in [0.25, 0.3) is 0 Å². The third kappa shape index (κ3) is 4.55. The molecule has 0 saturated heterocycles. The van der Waals surface area contributed by atoms with Gasteiger partial charge in [-0.3, -0.25) is 9.59 Å². The van der Waals surface area contributed by atoms with Gasteiger partial charge in [-0.05, 0) is 6.92 Å². The lowest BCUT2D eigenvalue weighted by atomic mass is 10.3. The standard InChI is InChI=1S/C9H12N2O3S/c1-6-11-7(5-15-6)4-8(12)10-3-2-9(13)14/h5H,2-4H2,1H3,(H,10,12)(H,13,14). The fraction of sp³-hybridized carbons (Fsp3) is 0.444. The van der Waals surface area contributed by atoms with Gasteiger partial charge >= 0.3 is 5.97 Å². The van der Waals surface area contributed by atoms with Crippen LogP contribution in [0.4, 0.5) is 0 Å². The number of carboxylic acids is 1. The molecule has 0 bridgehead atoms. The van der Waals surface area contributed by atoms with Gasteiger partial charge in [0.05, 0.1) is 23.5 Å². The Balaban J connectivity index is 2.27. The lowest BCUT2D eigenvalue weighted by Gasteiger charge is -2.00. The van der Waals surface area contributed by atoms with Crippen molar-refractivity contribution in [3.05, 3.63) is 16.1 Å². The van der Waals surface area contributed by atoms with Crippen LogP contribution in [0.2, 0.25) is 0 Å². The predicted molar refractivity (Wildman–Crippen MR) is 55.8 cm³/mol. The van der Waals surface area contributed by atoms with E-state index in [2.05, 4.69) is 10.3 Å². The Labute approximate surface area is 91.1 Å². The molecule has 2 N–H and O–H groups in total. The molecule has 0 aliphatic heterocycles. The van der Waals surface area contributed by atoms with Gasteiger partial charge in [0.1, 0.15) is 0 Å². The molecule has 6 heteroatoms. The van der Waals surface area contributed by atoms with E-state index in [0.29, 0.717) is 0 Å². The molecule has 0 saturated carbocycles. The van der Waals surface area contributed by atoms with Crippen LogP contribution in [0.1, 0.15) is 17.1 Å². The summed E-state index contributed by atoms with van der Waals surface area (Å²) < 4.78 is 0. The third-order valence-electron chi connectivity index (χ3n) is 1.67. The minimum Gasteiger partial charge on any atom is -0.481 e. The minimum absolute atomic E-state index is 0.0537. The molecule has 0 atom stereocenters. The number of carbonyl (C=O) groups excluding carboxylic acids is 1. The maximum absolute atomic E-state index is 11.3. The summed E-state index contributed by atoms with van der Waals surface area (Å²) in [6, 6.07) is 0. The van der Waals surface area contributed by atoms with E-state index in [1.165, 1.54) is 11.3 Å². The molecule has 0 aromatic carbocycles. The number of aliphatic carboxylic acids is 1. The summed E-state index contributed by atoms with van der Waals surface area (Å²) in [5, 5.41) is 13.6. The van der Waals surface area contributed by atoms with Crippen molar-refractivity contribution >= 4 is 23.2 Å². The Morgan fingerprint density at radius 3 is 2.87 bits per heavy atom. The SMILES string of the molecule is Cc1nc(CC(=O)NCCC(=O)O)cs1. The van der Waals surface area contributed by atoms with Crippen molar-refractivity contribution in [1.29, 1.82) is 0 Å². The lowest BCUT2D eigenvalue weighted by molar-refractivity contribution is -0.136. The number of hydrogen-bond acceptors (Lipinski definition) is 4. The number of aromatic nitrogens is 1. The third-order valence-corrected chi connectivity index (χ3v) is 2.49. The van der Waals surface area contributed by atoms with Crippen LogP contribution >= 0.6 is 11.3 Å². The van der Waals surface area contributed by atoms with E-state index in [0.717, 1.165) is 10.7 Å². The van der Waals surface area contributed by atoms with E-state index in [1.54, 1.807) is 0 Å². The van der Waals surface area contributed by atoms with Gasteiger partial charge in [0.2, 0.25) is 5.91 Å². The number of nitrogens with zero attached hydrogens (tertiary/aromatic N) is 1. The molecule has 82 valence electrons. The first kappa shape index (κ1) is 11.6. The zero-order valence-electron chi connectivity index (χ0n) is 8.32. The van der Waals surface area contributed by atoms with Gasteiger partial charge in [-0.25, -0.2) is 4.98 Å². The highest BCUT2D eigenvalue weighted by molar-refractivity contribution is 7.09. The van der Waals surface area contributed by atoms with Gasteiger partial charge in [0.15, 0.2) is 0 Å². The van der Waals surface area contributed by atoms with Gasteiger partial charge in [0, 0.05) is 11.9 Å². The second-order valence-corrected chi connectivity index (χ2v) is 4.09. The van der Waals surface area contributed by atoms with Crippen molar-refractivity contribution in [1.82, 2.24) is 10.3 Å². The van der Waals surface area contributed by atoms with Crippen molar-refractivity contribution in [3.8, 4) is 0 Å². The largest absolute Gasteiger partial charge is 0.481 e. The number of thiazole rings is 1. The van der Waals surface area contributed by atoms with Crippen LogP contribution in [0.3, 0.4) is 0 Å². The second kappa shape index (κ2) is 5.45. The second-order valence-electron chi connectivity index (χ2n) is 3.03. The van der Waals surface area contributed by atoms with Crippen LogP contribution in [0, 0.1) is 6.92 Å². The van der Waals surface area contributed by atoms with E-state index < -0.39 is 5.97 Å². The Kier molecular flexibility index (Phi) is 4.23. The van der Waals surface area contributed by atoms with Crippen molar-refractivity contribution in [2.75, 3.05) is 6.54 Å². The number of carbonyl (C=O) groups is 2. The Bertz CT molecular complexity index is 362. The first-order chi connectivity index (χ1) is 7.08. The molecule has 0 spiro atoms. The summed E-state index contributed by atoms with van der Waals surface area (Å²) in [5.74, 6) is -1.11. The zero-order chi connectivity index (χ0) is 11.3. The van der Waals surface area contributed by atoms with Crippen molar-refractivity contribution in [2.24, 2.45) is 0 Å². The van der Waals surface area contributed by atoms with Crippen molar-refractivity contribution < 1.29 is 14.7 Å². The molecular weight excluding hydrogens is 216 g/mol. The molecule has 1 heterocycles. The normalized spacial score (nSPS) is 9.93. The van der Waals surface area contributed by atoms with E-state index in [9.17, 15) is 9.59 Å². The maximum atomic E-state index is 11.3. The molecule has 0 fully saturated rings. The van der Waals surface area contributed by atoms with Crippen LogP contribution in [-0.2, 0) is 16.0 Å². The molecule has 5 nitrogen and oxygen atoms in total. The maximum Gasteiger partial charge on any atom is 0.305 e. The Morgan fingerprint density at radius 1 is 1.60 bits per heavy atom. The minimum atomic E-state index is -0.917. The fourth-order valence-electron chi connectivity index (χ4n) is 1.03. The van der Waals surface area contributed by atoms with E-state index in [4.69, 9.17) is 5.11 Å². The summed E-state index contributed by atoms with van der Waals surface area (Å²) in [4.78, 5) is 25.6. The summed E-state index contributed by atoms with van der Waals surface area (Å²) >= 11 is 1.49. The number of nitrogens with one attached hydrogen (secondary N) is 1. The number of rotatable bonds is 5. The van der Waals surface area contributed by atoms with Crippen LogP contribution in [0.5, 0.6) is 0 Å². The summed E-state index contributed by atoms with van der Waals surface area (Å²) in [5.41, 5.74) is 0.727. The molecule has 1 amide bonds. The molecule has 0 aliphatic carbocycles. The molecule has 15 heavy (non-hydrogen) atoms. The molecule has 1 aromatic rings. The van der Waals surface area contributed by atoms with Gasteiger partial charge in [-0.15, -0.1) is 11.3 Å². The lowest BCUT2D eigenvalue weighted by Crippen LogP contribution is -2.27. The highest BCUT2D eigenvalue weighted by Gasteiger charge is 2.06. The van der Waals surface area contributed by atoms with Crippen LogP contribution in [0.25, 0.3) is 0 Å². The van der Waals surface area contributed by atoms with Crippen molar-refractivity contribution in [3.63, 3.8) is 0 Å². The molecular formula is C9H12N2O3S. The first-order valence-corrected chi connectivity index (χ1v) is 5.35. The molecule has 1 rings (SSSR count). The highest BCUT2D eigenvalue weighted by atomic mass is 32.1. The van der Waals surface area contributed by atoms with Gasteiger partial charge < -0.3 is 10.4 Å². The summed E-state index contributed by atoms with van der Waals surface area (Å²) in [7, 11) is 0. The fourth-order valence-corrected chi connectivity index (χ4v) is 1.64. The van der Waals surface area contributed by atoms with E-state index in [-0.39, 0.29) is 25.3 Å². The number of hydrogen-bond donors (Lipinski definition) is 2. The quantitative estimate of drug-likeness (QED) is 0.772. The highest BCUT2D eigenvalue weighted by Crippen LogP contribution is 2.07. The summed E-state index contributed by atoms with van der Waals surface area (Å²) in [6.07, 6.45) is 0.159. The Hall–Kier alpha value is -1.43. The van der Waals surface area contributed by atoms with Gasteiger partial charge in [-0.2, -0.15) is 0 Å². The number of amides is 1. The predicted octanol–water partition coefficient (Wildman–Crippen LogP) is 0.585. The average Bonchev–Trinajstić information content (AvgIpc) is 2.50. The topological polar surface area (TPSA) is 79.3 Å². The molecule has 1 aromatic heterocycles. The smallest absolute Gasteiger partial charge is 0.305 e.